The Morgan fingerprint density at radius 2 is 1.77 bits per heavy atom. The number of nitrogens with one attached hydrogen (secondary N) is 1. The van der Waals surface area contributed by atoms with Gasteiger partial charge in [0.15, 0.2) is 5.60 Å². The van der Waals surface area contributed by atoms with Gasteiger partial charge in [0.2, 0.25) is 5.90 Å². The first-order valence-electron chi connectivity index (χ1n) is 8.55. The molecule has 1 atom stereocenters. The number of nitrogens with zero attached hydrogens (tertiary/aromatic N) is 1. The summed E-state index contributed by atoms with van der Waals surface area (Å²) in [6, 6.07) is 13.5. The van der Waals surface area contributed by atoms with E-state index in [4.69, 9.17) is 9.47 Å². The van der Waals surface area contributed by atoms with Gasteiger partial charge in [-0.15, -0.1) is 5.10 Å². The second-order valence-corrected chi connectivity index (χ2v) is 7.10. The molecule has 2 aromatic carbocycles. The van der Waals surface area contributed by atoms with Crippen molar-refractivity contribution in [2.45, 2.75) is 45.8 Å². The molecule has 0 aliphatic rings. The van der Waals surface area contributed by atoms with Gasteiger partial charge in [0.25, 0.3) is 0 Å². The Labute approximate surface area is 153 Å². The molecule has 2 aromatic rings. The fourth-order valence-corrected chi connectivity index (χ4v) is 2.43. The number of carbonyl (C=O) groups excluding carboxylic acids is 1. The minimum atomic E-state index is -1.52. The van der Waals surface area contributed by atoms with Crippen molar-refractivity contribution in [3.05, 3.63) is 48.0 Å². The topological polar surface area (TPSA) is 80.2 Å². The van der Waals surface area contributed by atoms with Crippen LogP contribution in [0.2, 0.25) is 0 Å². The molecule has 2 rings (SSSR count). The van der Waals surface area contributed by atoms with Gasteiger partial charge in [-0.3, -0.25) is 0 Å². The van der Waals surface area contributed by atoms with Gasteiger partial charge in [-0.05, 0) is 57.0 Å². The number of amides is 1. The molecule has 0 saturated heterocycles. The third-order valence-corrected chi connectivity index (χ3v) is 3.66. The maximum absolute atomic E-state index is 11.8. The first-order valence-corrected chi connectivity index (χ1v) is 8.55. The summed E-state index contributed by atoms with van der Waals surface area (Å²) in [7, 11) is 0. The van der Waals surface area contributed by atoms with E-state index in [0.717, 1.165) is 10.8 Å². The van der Waals surface area contributed by atoms with Crippen LogP contribution in [-0.2, 0) is 15.1 Å². The summed E-state index contributed by atoms with van der Waals surface area (Å²) < 4.78 is 10.6. The van der Waals surface area contributed by atoms with Crippen molar-refractivity contribution >= 4 is 22.8 Å². The standard InChI is InChI=1S/C20H26N2O4/c1-6-25-17(21-22-18(23)26-19(2,3)4)20(5,24)16-12-11-14-9-7-8-10-15(14)13-16/h7-13,24H,6H2,1-5H3,(H,22,23)/b21-17+. The van der Waals surface area contributed by atoms with Gasteiger partial charge in [-0.2, -0.15) is 0 Å². The van der Waals surface area contributed by atoms with E-state index >= 15 is 0 Å². The van der Waals surface area contributed by atoms with Crippen molar-refractivity contribution in [1.29, 1.82) is 0 Å². The van der Waals surface area contributed by atoms with Crippen LogP contribution < -0.4 is 5.43 Å². The van der Waals surface area contributed by atoms with Gasteiger partial charge in [0, 0.05) is 0 Å². The molecule has 140 valence electrons. The fraction of sp³-hybridized carbons (Fsp3) is 0.400. The van der Waals surface area contributed by atoms with E-state index in [9.17, 15) is 9.90 Å². The largest absolute Gasteiger partial charge is 0.478 e. The van der Waals surface area contributed by atoms with Crippen molar-refractivity contribution in [2.24, 2.45) is 5.10 Å². The summed E-state index contributed by atoms with van der Waals surface area (Å²) in [4.78, 5) is 11.8. The lowest BCUT2D eigenvalue weighted by molar-refractivity contribution is 0.0518. The number of hydrogen-bond donors (Lipinski definition) is 2. The number of fused-ring (bicyclic) bond motifs is 1. The summed E-state index contributed by atoms with van der Waals surface area (Å²) in [5.41, 5.74) is 0.719. The number of hydrogen-bond acceptors (Lipinski definition) is 5. The van der Waals surface area contributed by atoms with Crippen molar-refractivity contribution in [3.63, 3.8) is 0 Å². The fourth-order valence-electron chi connectivity index (χ4n) is 2.43. The van der Waals surface area contributed by atoms with E-state index in [1.807, 2.05) is 42.5 Å². The van der Waals surface area contributed by atoms with E-state index < -0.39 is 17.3 Å². The van der Waals surface area contributed by atoms with Gasteiger partial charge >= 0.3 is 6.09 Å². The van der Waals surface area contributed by atoms with E-state index in [1.54, 1.807) is 34.6 Å². The first-order chi connectivity index (χ1) is 12.1. The predicted molar refractivity (Wildman–Crippen MR) is 102 cm³/mol. The third-order valence-electron chi connectivity index (χ3n) is 3.66. The Morgan fingerprint density at radius 3 is 2.38 bits per heavy atom. The SMILES string of the molecule is CCO/C(=N/NC(=O)OC(C)(C)C)C(C)(O)c1ccc2ccccc2c1. The van der Waals surface area contributed by atoms with Gasteiger partial charge < -0.3 is 14.6 Å². The van der Waals surface area contributed by atoms with Gasteiger partial charge in [-0.1, -0.05) is 36.4 Å². The van der Waals surface area contributed by atoms with Crippen LogP contribution in [0.5, 0.6) is 0 Å². The molecule has 0 aromatic heterocycles. The van der Waals surface area contributed by atoms with Crippen molar-refractivity contribution < 1.29 is 19.4 Å². The Morgan fingerprint density at radius 1 is 1.12 bits per heavy atom. The van der Waals surface area contributed by atoms with E-state index in [1.165, 1.54) is 0 Å². The molecule has 2 N–H and O–H groups in total. The van der Waals surface area contributed by atoms with E-state index in [2.05, 4.69) is 10.5 Å². The molecule has 0 bridgehead atoms. The highest BCUT2D eigenvalue weighted by atomic mass is 16.6. The molecule has 1 amide bonds. The molecule has 0 spiro atoms. The van der Waals surface area contributed by atoms with Crippen molar-refractivity contribution in [1.82, 2.24) is 5.43 Å². The van der Waals surface area contributed by atoms with Crippen LogP contribution in [0.15, 0.2) is 47.6 Å². The molecule has 0 fully saturated rings. The number of aliphatic hydroxyl groups is 1. The molecule has 0 aliphatic heterocycles. The molecule has 0 saturated carbocycles. The van der Waals surface area contributed by atoms with Crippen LogP contribution in [0.4, 0.5) is 4.79 Å². The molecule has 6 nitrogen and oxygen atoms in total. The van der Waals surface area contributed by atoms with Crippen LogP contribution >= 0.6 is 0 Å². The molecule has 0 radical (unpaired) electrons. The third kappa shape index (κ3) is 4.95. The Hall–Kier alpha value is -2.60. The maximum Gasteiger partial charge on any atom is 0.428 e. The Bertz CT molecular complexity index is 807. The molecule has 6 heteroatoms. The van der Waals surface area contributed by atoms with E-state index in [-0.39, 0.29) is 5.90 Å². The second kappa shape index (κ2) is 7.74. The molecule has 26 heavy (non-hydrogen) atoms. The smallest absolute Gasteiger partial charge is 0.428 e. The van der Waals surface area contributed by atoms with Crippen LogP contribution in [0.25, 0.3) is 10.8 Å². The Balaban J connectivity index is 2.30. The van der Waals surface area contributed by atoms with Crippen molar-refractivity contribution in [2.75, 3.05) is 6.61 Å². The van der Waals surface area contributed by atoms with Crippen molar-refractivity contribution in [3.8, 4) is 0 Å². The number of rotatable bonds is 4. The Kier molecular flexibility index (Phi) is 5.87. The number of benzene rings is 2. The number of ether oxygens (including phenoxy) is 2. The highest BCUT2D eigenvalue weighted by molar-refractivity contribution is 5.89. The molecule has 0 heterocycles. The number of hydrazone groups is 1. The summed E-state index contributed by atoms with van der Waals surface area (Å²) in [6.45, 7) is 8.90. The molecular formula is C20H26N2O4. The quantitative estimate of drug-likeness (QED) is 0.493. The zero-order valence-corrected chi connectivity index (χ0v) is 15.9. The van der Waals surface area contributed by atoms with Crippen LogP contribution in [0.3, 0.4) is 0 Å². The average Bonchev–Trinajstić information content (AvgIpc) is 2.56. The normalized spacial score (nSPS) is 14.6. The van der Waals surface area contributed by atoms with Gasteiger partial charge in [-0.25, -0.2) is 10.2 Å². The summed E-state index contributed by atoms with van der Waals surface area (Å²) in [6.07, 6.45) is -0.719. The lowest BCUT2D eigenvalue weighted by Gasteiger charge is -2.26. The predicted octanol–water partition coefficient (Wildman–Crippen LogP) is 3.92. The molecule has 1 unspecified atom stereocenters. The monoisotopic (exact) mass is 358 g/mol. The highest BCUT2D eigenvalue weighted by Crippen LogP contribution is 2.27. The van der Waals surface area contributed by atoms with E-state index in [0.29, 0.717) is 12.2 Å². The summed E-state index contributed by atoms with van der Waals surface area (Å²) in [5.74, 6) is -0.0128. The second-order valence-electron chi connectivity index (χ2n) is 7.10. The maximum atomic E-state index is 11.8. The van der Waals surface area contributed by atoms with Gasteiger partial charge in [0.1, 0.15) is 5.60 Å². The average molecular weight is 358 g/mol. The van der Waals surface area contributed by atoms with Crippen LogP contribution in [-0.4, -0.2) is 29.3 Å². The van der Waals surface area contributed by atoms with Gasteiger partial charge in [0.05, 0.1) is 6.61 Å². The minimum absolute atomic E-state index is 0.0128. The zero-order chi connectivity index (χ0) is 19.4. The lowest BCUT2D eigenvalue weighted by Crippen LogP contribution is -2.37. The summed E-state index contributed by atoms with van der Waals surface area (Å²) >= 11 is 0. The lowest BCUT2D eigenvalue weighted by atomic mass is 9.93. The molecular weight excluding hydrogens is 332 g/mol. The van der Waals surface area contributed by atoms with Crippen LogP contribution in [0.1, 0.15) is 40.2 Å². The molecule has 0 aliphatic carbocycles. The van der Waals surface area contributed by atoms with Crippen LogP contribution in [0, 0.1) is 0 Å². The summed E-state index contributed by atoms with van der Waals surface area (Å²) in [5, 5.41) is 17.0. The minimum Gasteiger partial charge on any atom is -0.478 e. The number of carbonyl (C=O) groups is 1. The highest BCUT2D eigenvalue weighted by Gasteiger charge is 2.33. The zero-order valence-electron chi connectivity index (χ0n) is 15.9. The first kappa shape index (κ1) is 19.7.